The highest BCUT2D eigenvalue weighted by Gasteiger charge is 2.31. The molecule has 5 heteroatoms. The van der Waals surface area contributed by atoms with E-state index in [2.05, 4.69) is 10.6 Å². The van der Waals surface area contributed by atoms with Gasteiger partial charge in [0, 0.05) is 24.2 Å². The molecular formula is C15H21N3O2. The van der Waals surface area contributed by atoms with Crippen LogP contribution in [0.4, 0.5) is 11.4 Å². The van der Waals surface area contributed by atoms with Crippen LogP contribution < -0.4 is 16.4 Å². The average molecular weight is 275 g/mol. The van der Waals surface area contributed by atoms with Crippen molar-refractivity contribution in [3.63, 3.8) is 0 Å². The van der Waals surface area contributed by atoms with E-state index in [1.165, 1.54) is 6.92 Å². The summed E-state index contributed by atoms with van der Waals surface area (Å²) in [5.74, 6) is 0.184. The van der Waals surface area contributed by atoms with Gasteiger partial charge in [0.05, 0.1) is 0 Å². The number of nitrogens with one attached hydrogen (secondary N) is 2. The molecule has 0 saturated heterocycles. The second kappa shape index (κ2) is 6.52. The van der Waals surface area contributed by atoms with Crippen molar-refractivity contribution in [3.8, 4) is 0 Å². The first-order chi connectivity index (χ1) is 9.60. The Morgan fingerprint density at radius 3 is 2.60 bits per heavy atom. The smallest absolute Gasteiger partial charge is 0.227 e. The van der Waals surface area contributed by atoms with Gasteiger partial charge in [-0.1, -0.05) is 12.5 Å². The van der Waals surface area contributed by atoms with E-state index in [0.29, 0.717) is 17.9 Å². The predicted octanol–water partition coefficient (Wildman–Crippen LogP) is 1.96. The Bertz CT molecular complexity index is 502. The highest BCUT2D eigenvalue weighted by molar-refractivity contribution is 5.94. The molecule has 1 aliphatic rings. The topological polar surface area (TPSA) is 84.2 Å². The Morgan fingerprint density at radius 2 is 1.95 bits per heavy atom. The van der Waals surface area contributed by atoms with Gasteiger partial charge in [0.15, 0.2) is 0 Å². The average Bonchev–Trinajstić information content (AvgIpc) is 2.86. The van der Waals surface area contributed by atoms with Crippen LogP contribution in [0.3, 0.4) is 0 Å². The molecule has 0 heterocycles. The minimum Gasteiger partial charge on any atom is -0.330 e. The van der Waals surface area contributed by atoms with Crippen molar-refractivity contribution in [1.82, 2.24) is 0 Å². The molecule has 5 nitrogen and oxygen atoms in total. The van der Waals surface area contributed by atoms with Gasteiger partial charge in [-0.2, -0.15) is 0 Å². The van der Waals surface area contributed by atoms with Crippen LogP contribution in [0.25, 0.3) is 0 Å². The monoisotopic (exact) mass is 275 g/mol. The van der Waals surface area contributed by atoms with Crippen LogP contribution in [-0.4, -0.2) is 18.4 Å². The summed E-state index contributed by atoms with van der Waals surface area (Å²) in [6, 6.07) is 7.16. The van der Waals surface area contributed by atoms with Crippen molar-refractivity contribution in [2.75, 3.05) is 17.2 Å². The number of benzene rings is 1. The normalized spacial score (nSPS) is 21.5. The summed E-state index contributed by atoms with van der Waals surface area (Å²) in [4.78, 5) is 23.3. The van der Waals surface area contributed by atoms with Gasteiger partial charge in [-0.15, -0.1) is 0 Å². The maximum absolute atomic E-state index is 12.3. The number of rotatable bonds is 4. The summed E-state index contributed by atoms with van der Waals surface area (Å²) >= 11 is 0. The Balaban J connectivity index is 2.02. The number of nitrogens with two attached hydrogens (primary N) is 1. The van der Waals surface area contributed by atoms with Crippen molar-refractivity contribution < 1.29 is 9.59 Å². The van der Waals surface area contributed by atoms with Crippen LogP contribution in [0.2, 0.25) is 0 Å². The number of amides is 2. The first kappa shape index (κ1) is 14.5. The zero-order valence-corrected chi connectivity index (χ0v) is 11.7. The number of anilines is 2. The van der Waals surface area contributed by atoms with E-state index in [0.717, 1.165) is 19.3 Å². The first-order valence-corrected chi connectivity index (χ1v) is 6.98. The lowest BCUT2D eigenvalue weighted by molar-refractivity contribution is -0.120. The molecule has 1 aromatic carbocycles. The molecule has 2 rings (SSSR count). The standard InChI is InChI=1S/C15H21N3O2/c1-10(19)17-12-5-3-6-13(8-12)18-15(20)14-7-2-4-11(14)9-16/h3,5-6,8,11,14H,2,4,7,9,16H2,1H3,(H,17,19)(H,18,20). The maximum atomic E-state index is 12.3. The maximum Gasteiger partial charge on any atom is 0.227 e. The highest BCUT2D eigenvalue weighted by atomic mass is 16.2. The van der Waals surface area contributed by atoms with Crippen LogP contribution in [0.1, 0.15) is 26.2 Å². The fourth-order valence-electron chi connectivity index (χ4n) is 2.78. The van der Waals surface area contributed by atoms with Crippen LogP contribution >= 0.6 is 0 Å². The van der Waals surface area contributed by atoms with Crippen molar-refractivity contribution in [1.29, 1.82) is 0 Å². The van der Waals surface area contributed by atoms with Crippen LogP contribution in [0, 0.1) is 11.8 Å². The molecule has 0 bridgehead atoms. The Morgan fingerprint density at radius 1 is 1.25 bits per heavy atom. The molecule has 2 unspecified atom stereocenters. The summed E-state index contributed by atoms with van der Waals surface area (Å²) in [5, 5.41) is 5.61. The number of hydrogen-bond donors (Lipinski definition) is 3. The lowest BCUT2D eigenvalue weighted by atomic mass is 9.95. The van der Waals surface area contributed by atoms with Gasteiger partial charge in [0.1, 0.15) is 0 Å². The van der Waals surface area contributed by atoms with E-state index in [1.54, 1.807) is 18.2 Å². The fraction of sp³-hybridized carbons (Fsp3) is 0.467. The third kappa shape index (κ3) is 3.57. The van der Waals surface area contributed by atoms with E-state index in [1.807, 2.05) is 6.07 Å². The molecular weight excluding hydrogens is 254 g/mol. The Labute approximate surface area is 118 Å². The zero-order chi connectivity index (χ0) is 14.5. The molecule has 0 aliphatic heterocycles. The summed E-state index contributed by atoms with van der Waals surface area (Å²) in [6.07, 6.45) is 2.99. The van der Waals surface area contributed by atoms with Gasteiger partial charge in [0.25, 0.3) is 0 Å². The first-order valence-electron chi connectivity index (χ1n) is 6.98. The van der Waals surface area contributed by atoms with Crippen molar-refractivity contribution in [3.05, 3.63) is 24.3 Å². The van der Waals surface area contributed by atoms with Gasteiger partial charge >= 0.3 is 0 Å². The van der Waals surface area contributed by atoms with Gasteiger partial charge < -0.3 is 16.4 Å². The summed E-state index contributed by atoms with van der Waals surface area (Å²) in [6.45, 7) is 2.01. The van der Waals surface area contributed by atoms with Crippen LogP contribution in [0.15, 0.2) is 24.3 Å². The molecule has 108 valence electrons. The third-order valence-corrected chi connectivity index (χ3v) is 3.75. The molecule has 0 aromatic heterocycles. The van der Waals surface area contributed by atoms with Crippen LogP contribution in [-0.2, 0) is 9.59 Å². The van der Waals surface area contributed by atoms with E-state index < -0.39 is 0 Å². The summed E-state index contributed by atoms with van der Waals surface area (Å²) in [7, 11) is 0. The predicted molar refractivity (Wildman–Crippen MR) is 79.3 cm³/mol. The molecule has 2 atom stereocenters. The number of carbonyl (C=O) groups is 2. The quantitative estimate of drug-likeness (QED) is 0.785. The minimum absolute atomic E-state index is 0.00409. The molecule has 2 amide bonds. The second-order valence-electron chi connectivity index (χ2n) is 5.28. The molecule has 1 saturated carbocycles. The molecule has 20 heavy (non-hydrogen) atoms. The van der Waals surface area contributed by atoms with Crippen molar-refractivity contribution in [2.45, 2.75) is 26.2 Å². The number of carbonyl (C=O) groups excluding carboxylic acids is 2. The van der Waals surface area contributed by atoms with Gasteiger partial charge in [-0.25, -0.2) is 0 Å². The molecule has 1 fully saturated rings. The van der Waals surface area contributed by atoms with E-state index in [-0.39, 0.29) is 23.7 Å². The minimum atomic E-state index is -0.132. The summed E-state index contributed by atoms with van der Waals surface area (Å²) in [5.41, 5.74) is 7.08. The number of hydrogen-bond acceptors (Lipinski definition) is 3. The van der Waals surface area contributed by atoms with Gasteiger partial charge in [0.2, 0.25) is 11.8 Å². The molecule has 0 spiro atoms. The van der Waals surface area contributed by atoms with E-state index in [9.17, 15) is 9.59 Å². The van der Waals surface area contributed by atoms with Crippen molar-refractivity contribution in [2.24, 2.45) is 17.6 Å². The van der Waals surface area contributed by atoms with Crippen LogP contribution in [0.5, 0.6) is 0 Å². The molecule has 1 aliphatic carbocycles. The third-order valence-electron chi connectivity index (χ3n) is 3.75. The van der Waals surface area contributed by atoms with Gasteiger partial charge in [-0.3, -0.25) is 9.59 Å². The molecule has 4 N–H and O–H groups in total. The Kier molecular flexibility index (Phi) is 4.74. The lowest BCUT2D eigenvalue weighted by Crippen LogP contribution is -2.29. The van der Waals surface area contributed by atoms with E-state index in [4.69, 9.17) is 5.73 Å². The zero-order valence-electron chi connectivity index (χ0n) is 11.7. The lowest BCUT2D eigenvalue weighted by Gasteiger charge is -2.17. The largest absolute Gasteiger partial charge is 0.330 e. The van der Waals surface area contributed by atoms with Crippen molar-refractivity contribution >= 4 is 23.2 Å². The Hall–Kier alpha value is -1.88. The summed E-state index contributed by atoms with van der Waals surface area (Å²) < 4.78 is 0. The van der Waals surface area contributed by atoms with E-state index >= 15 is 0 Å². The highest BCUT2D eigenvalue weighted by Crippen LogP contribution is 2.32. The SMILES string of the molecule is CC(=O)Nc1cccc(NC(=O)C2CCCC2CN)c1. The second-order valence-corrected chi connectivity index (χ2v) is 5.28. The van der Waals surface area contributed by atoms with Gasteiger partial charge in [-0.05, 0) is 43.5 Å². The fourth-order valence-corrected chi connectivity index (χ4v) is 2.78. The molecule has 0 radical (unpaired) electrons. The molecule has 1 aromatic rings.